The molecule has 1 aromatic heterocycles. The van der Waals surface area contributed by atoms with E-state index < -0.39 is 0 Å². The van der Waals surface area contributed by atoms with Gasteiger partial charge in [-0.1, -0.05) is 6.07 Å². The number of aromatic nitrogens is 1. The molecule has 0 radical (unpaired) electrons. The topological polar surface area (TPSA) is 68.1 Å². The molecule has 2 rings (SSSR count). The molecule has 0 aliphatic heterocycles. The molecule has 6 heteroatoms. The molecular weight excluding hydrogens is 262 g/mol. The van der Waals surface area contributed by atoms with Crippen molar-refractivity contribution in [1.29, 1.82) is 0 Å². The van der Waals surface area contributed by atoms with E-state index in [1.807, 2.05) is 25.3 Å². The molecule has 0 saturated heterocycles. The number of nitrogens with zero attached hydrogens (tertiary/aromatic N) is 2. The van der Waals surface area contributed by atoms with Gasteiger partial charge < -0.3 is 5.32 Å². The lowest BCUT2D eigenvalue weighted by Crippen LogP contribution is -2.07. The first kappa shape index (κ1) is 13.5. The lowest BCUT2D eigenvalue weighted by molar-refractivity contribution is -0.385. The van der Waals surface area contributed by atoms with Crippen LogP contribution in [0.5, 0.6) is 0 Å². The molecule has 0 fully saturated rings. The Morgan fingerprint density at radius 2 is 2.16 bits per heavy atom. The summed E-state index contributed by atoms with van der Waals surface area (Å²) < 4.78 is 0. The lowest BCUT2D eigenvalue weighted by Gasteiger charge is -2.13. The maximum Gasteiger partial charge on any atom is 0.274 e. The van der Waals surface area contributed by atoms with Gasteiger partial charge in [0.25, 0.3) is 5.69 Å². The molecule has 1 N–H and O–H groups in total. The second kappa shape index (κ2) is 5.36. The summed E-state index contributed by atoms with van der Waals surface area (Å²) in [5.41, 5.74) is 2.47. The second-order valence-corrected chi connectivity index (χ2v) is 5.48. The van der Waals surface area contributed by atoms with Gasteiger partial charge in [0.1, 0.15) is 0 Å². The van der Waals surface area contributed by atoms with Crippen LogP contribution in [0.1, 0.15) is 29.2 Å². The largest absolute Gasteiger partial charge is 0.377 e. The minimum Gasteiger partial charge on any atom is -0.377 e. The van der Waals surface area contributed by atoms with Gasteiger partial charge in [0.05, 0.1) is 21.7 Å². The average Bonchev–Trinajstić information content (AvgIpc) is 2.78. The third kappa shape index (κ3) is 3.08. The highest BCUT2D eigenvalue weighted by Gasteiger charge is 2.13. The number of benzene rings is 1. The summed E-state index contributed by atoms with van der Waals surface area (Å²) in [5, 5.41) is 17.1. The van der Waals surface area contributed by atoms with Crippen LogP contribution in [0.2, 0.25) is 0 Å². The zero-order valence-electron chi connectivity index (χ0n) is 11.0. The minimum absolute atomic E-state index is 0.0206. The first-order valence-corrected chi connectivity index (χ1v) is 6.79. The molecule has 5 nitrogen and oxygen atoms in total. The summed E-state index contributed by atoms with van der Waals surface area (Å²) in [7, 11) is 0. The molecule has 0 spiro atoms. The second-order valence-electron chi connectivity index (χ2n) is 4.42. The number of nitro groups is 1. The minimum atomic E-state index is -0.363. The Morgan fingerprint density at radius 3 is 2.74 bits per heavy atom. The predicted octanol–water partition coefficient (Wildman–Crippen LogP) is 3.84. The van der Waals surface area contributed by atoms with Gasteiger partial charge >= 0.3 is 0 Å². The summed E-state index contributed by atoms with van der Waals surface area (Å²) in [6, 6.07) is 5.18. The summed E-state index contributed by atoms with van der Waals surface area (Å²) in [5.74, 6) is 0. The zero-order chi connectivity index (χ0) is 14.0. The van der Waals surface area contributed by atoms with E-state index in [-0.39, 0.29) is 16.7 Å². The molecule has 0 aliphatic carbocycles. The molecule has 100 valence electrons. The molecule has 19 heavy (non-hydrogen) atoms. The van der Waals surface area contributed by atoms with E-state index in [1.165, 1.54) is 0 Å². The van der Waals surface area contributed by atoms with E-state index in [9.17, 15) is 10.1 Å². The van der Waals surface area contributed by atoms with Crippen LogP contribution >= 0.6 is 11.3 Å². The third-order valence-corrected chi connectivity index (χ3v) is 3.66. The number of nitrogens with one attached hydrogen (secondary N) is 1. The van der Waals surface area contributed by atoms with Crippen molar-refractivity contribution in [3.05, 3.63) is 50.0 Å². The van der Waals surface area contributed by atoms with Crippen molar-refractivity contribution in [2.24, 2.45) is 0 Å². The highest BCUT2D eigenvalue weighted by atomic mass is 32.1. The van der Waals surface area contributed by atoms with Gasteiger partial charge in [-0.05, 0) is 26.8 Å². The quantitative estimate of drug-likeness (QED) is 0.681. The lowest BCUT2D eigenvalue weighted by atomic mass is 10.1. The van der Waals surface area contributed by atoms with Gasteiger partial charge in [0.2, 0.25) is 0 Å². The van der Waals surface area contributed by atoms with Crippen molar-refractivity contribution in [3.8, 4) is 0 Å². The summed E-state index contributed by atoms with van der Waals surface area (Å²) >= 11 is 1.59. The van der Waals surface area contributed by atoms with Crippen LogP contribution in [0.15, 0.2) is 23.6 Å². The number of hydrogen-bond donors (Lipinski definition) is 1. The van der Waals surface area contributed by atoms with Crippen LogP contribution in [-0.2, 0) is 0 Å². The van der Waals surface area contributed by atoms with E-state index in [1.54, 1.807) is 30.4 Å². The Balaban J connectivity index is 2.19. The van der Waals surface area contributed by atoms with Crippen molar-refractivity contribution in [1.82, 2.24) is 4.98 Å². The number of nitro benzene ring substituents is 1. The van der Waals surface area contributed by atoms with Gasteiger partial charge in [-0.25, -0.2) is 4.98 Å². The summed E-state index contributed by atoms with van der Waals surface area (Å²) in [6.45, 7) is 5.67. The maximum absolute atomic E-state index is 10.9. The van der Waals surface area contributed by atoms with Crippen LogP contribution in [0, 0.1) is 24.0 Å². The fraction of sp³-hybridized carbons (Fsp3) is 0.308. The highest BCUT2D eigenvalue weighted by Crippen LogP contribution is 2.26. The molecule has 0 aliphatic rings. The Kier molecular flexibility index (Phi) is 3.80. The first-order valence-electron chi connectivity index (χ1n) is 5.91. The Bertz CT molecular complexity index is 610. The van der Waals surface area contributed by atoms with E-state index in [4.69, 9.17) is 0 Å². The third-order valence-electron chi connectivity index (χ3n) is 2.87. The smallest absolute Gasteiger partial charge is 0.274 e. The number of anilines is 1. The van der Waals surface area contributed by atoms with Gasteiger partial charge in [-0.15, -0.1) is 11.3 Å². The van der Waals surface area contributed by atoms with Crippen LogP contribution < -0.4 is 5.32 Å². The zero-order valence-corrected chi connectivity index (χ0v) is 11.8. The normalized spacial score (nSPS) is 12.2. The number of hydrogen-bond acceptors (Lipinski definition) is 5. The van der Waals surface area contributed by atoms with Gasteiger partial charge in [-0.3, -0.25) is 10.1 Å². The molecule has 2 aromatic rings. The van der Waals surface area contributed by atoms with Gasteiger partial charge in [0, 0.05) is 22.7 Å². The van der Waals surface area contributed by atoms with E-state index in [0.717, 1.165) is 16.4 Å². The number of thiazole rings is 1. The van der Waals surface area contributed by atoms with Crippen LogP contribution in [0.25, 0.3) is 0 Å². The van der Waals surface area contributed by atoms with E-state index in [0.29, 0.717) is 5.56 Å². The van der Waals surface area contributed by atoms with Crippen LogP contribution in [0.3, 0.4) is 0 Å². The van der Waals surface area contributed by atoms with Crippen molar-refractivity contribution in [2.45, 2.75) is 26.8 Å². The first-order chi connectivity index (χ1) is 8.97. The van der Waals surface area contributed by atoms with Crippen molar-refractivity contribution >= 4 is 22.7 Å². The van der Waals surface area contributed by atoms with Crippen molar-refractivity contribution < 1.29 is 4.92 Å². The van der Waals surface area contributed by atoms with Crippen molar-refractivity contribution in [2.75, 3.05) is 5.32 Å². The van der Waals surface area contributed by atoms with Gasteiger partial charge in [0.15, 0.2) is 0 Å². The van der Waals surface area contributed by atoms with Crippen LogP contribution in [-0.4, -0.2) is 9.91 Å². The summed E-state index contributed by atoms with van der Waals surface area (Å²) in [6.07, 6.45) is 0. The average molecular weight is 277 g/mol. The molecule has 1 aromatic carbocycles. The Hall–Kier alpha value is -1.95. The molecule has 0 saturated carbocycles. The Morgan fingerprint density at radius 1 is 1.42 bits per heavy atom. The fourth-order valence-electron chi connectivity index (χ4n) is 1.80. The van der Waals surface area contributed by atoms with E-state index in [2.05, 4.69) is 10.3 Å². The summed E-state index contributed by atoms with van der Waals surface area (Å²) in [4.78, 5) is 14.9. The predicted molar refractivity (Wildman–Crippen MR) is 76.7 cm³/mol. The molecular formula is C13H15N3O2S. The van der Waals surface area contributed by atoms with Crippen LogP contribution in [0.4, 0.5) is 11.4 Å². The monoisotopic (exact) mass is 277 g/mol. The van der Waals surface area contributed by atoms with Crippen molar-refractivity contribution in [3.63, 3.8) is 0 Å². The molecule has 1 unspecified atom stereocenters. The molecule has 1 heterocycles. The fourth-order valence-corrected chi connectivity index (χ4v) is 2.51. The Labute approximate surface area is 115 Å². The molecule has 0 bridgehead atoms. The molecule has 0 amide bonds. The van der Waals surface area contributed by atoms with Gasteiger partial charge in [-0.2, -0.15) is 0 Å². The number of aryl methyl sites for hydroxylation is 2. The maximum atomic E-state index is 10.9. The standard InChI is InChI=1S/C13H15N3O2S/c1-8-4-5-11(6-13(8)16(17)18)14-9(2)12-7-19-10(3)15-12/h4-7,9,14H,1-3H3. The SMILES string of the molecule is Cc1nc(C(C)Nc2ccc(C)c([N+](=O)[O-])c2)cs1. The highest BCUT2D eigenvalue weighted by molar-refractivity contribution is 7.09. The number of rotatable bonds is 4. The molecule has 1 atom stereocenters. The van der Waals surface area contributed by atoms with E-state index >= 15 is 0 Å².